The van der Waals surface area contributed by atoms with Crippen LogP contribution < -0.4 is 5.32 Å². The maximum absolute atomic E-state index is 11.8. The Morgan fingerprint density at radius 1 is 1.50 bits per heavy atom. The number of anilines is 1. The first-order chi connectivity index (χ1) is 10.6. The topological polar surface area (TPSA) is 101 Å². The molecule has 0 aliphatic rings. The molecule has 2 aromatic heterocycles. The van der Waals surface area contributed by atoms with Gasteiger partial charge in [-0.15, -0.1) is 11.3 Å². The van der Waals surface area contributed by atoms with Gasteiger partial charge >= 0.3 is 5.97 Å². The van der Waals surface area contributed by atoms with Gasteiger partial charge in [0.25, 0.3) is 0 Å². The fraction of sp³-hybridized carbons (Fsp3) is 0.0714. The van der Waals surface area contributed by atoms with Crippen LogP contribution >= 0.6 is 11.3 Å². The van der Waals surface area contributed by atoms with Gasteiger partial charge in [0.15, 0.2) is 5.71 Å². The smallest absolute Gasteiger partial charge is 0.358 e. The maximum Gasteiger partial charge on any atom is 0.358 e. The van der Waals surface area contributed by atoms with Gasteiger partial charge in [-0.05, 0) is 18.2 Å². The first-order valence-corrected chi connectivity index (χ1v) is 6.92. The monoisotopic (exact) mass is 320 g/mol. The van der Waals surface area contributed by atoms with E-state index in [9.17, 15) is 9.59 Å². The second-order valence-corrected chi connectivity index (χ2v) is 4.92. The Morgan fingerprint density at radius 2 is 2.32 bits per heavy atom. The first kappa shape index (κ1) is 15.5. The number of nitrogens with zero attached hydrogens (tertiary/aromatic N) is 1. The summed E-state index contributed by atoms with van der Waals surface area (Å²) in [7, 11) is 1.26. The Labute approximate surface area is 129 Å². The van der Waals surface area contributed by atoms with Gasteiger partial charge in [-0.25, -0.2) is 4.79 Å². The van der Waals surface area contributed by atoms with Crippen molar-refractivity contribution in [2.24, 2.45) is 5.16 Å². The normalized spacial score (nSPS) is 11.6. The highest BCUT2D eigenvalue weighted by Gasteiger charge is 2.16. The van der Waals surface area contributed by atoms with E-state index in [1.165, 1.54) is 43.1 Å². The fourth-order valence-electron chi connectivity index (χ4n) is 1.54. The minimum atomic E-state index is -1.21. The van der Waals surface area contributed by atoms with E-state index in [0.29, 0.717) is 10.6 Å². The van der Waals surface area contributed by atoms with Crippen molar-refractivity contribution in [2.75, 3.05) is 12.4 Å². The molecule has 2 rings (SSSR count). The van der Waals surface area contributed by atoms with E-state index in [2.05, 4.69) is 15.3 Å². The highest BCUT2D eigenvalue weighted by Crippen LogP contribution is 2.21. The molecule has 0 aromatic carbocycles. The summed E-state index contributed by atoms with van der Waals surface area (Å²) in [5.74, 6) is -1.55. The molecular weight excluding hydrogens is 308 g/mol. The lowest BCUT2D eigenvalue weighted by Crippen LogP contribution is -2.14. The zero-order valence-corrected chi connectivity index (χ0v) is 12.3. The lowest BCUT2D eigenvalue weighted by molar-refractivity contribution is -0.129. The number of thiophene rings is 1. The molecule has 0 fully saturated rings. The average Bonchev–Trinajstić information content (AvgIpc) is 3.13. The molecule has 2 aromatic rings. The summed E-state index contributed by atoms with van der Waals surface area (Å²) in [6.07, 6.45) is 5.97. The summed E-state index contributed by atoms with van der Waals surface area (Å²) < 4.78 is 4.88. The zero-order chi connectivity index (χ0) is 15.9. The predicted molar refractivity (Wildman–Crippen MR) is 81.9 cm³/mol. The number of carbonyl (C=O) groups excluding carboxylic acids is 1. The van der Waals surface area contributed by atoms with Crippen LogP contribution in [0.25, 0.3) is 6.08 Å². The fourth-order valence-corrected chi connectivity index (χ4v) is 2.33. The number of carboxylic acids is 1. The lowest BCUT2D eigenvalue weighted by Gasteiger charge is -1.97. The van der Waals surface area contributed by atoms with Crippen LogP contribution in [0, 0.1) is 0 Å². The molecule has 7 nitrogen and oxygen atoms in total. The van der Waals surface area contributed by atoms with E-state index < -0.39 is 5.97 Å². The highest BCUT2D eigenvalue weighted by atomic mass is 32.1. The number of hydrogen-bond acceptors (Lipinski definition) is 6. The summed E-state index contributed by atoms with van der Waals surface area (Å²) in [5.41, 5.74) is 0.893. The van der Waals surface area contributed by atoms with Crippen molar-refractivity contribution >= 4 is 40.0 Å². The van der Waals surface area contributed by atoms with Gasteiger partial charge < -0.3 is 19.7 Å². The molecule has 0 unspecified atom stereocenters. The Hall–Kier alpha value is -2.87. The molecule has 0 aliphatic heterocycles. The van der Waals surface area contributed by atoms with Crippen LogP contribution in [0.5, 0.6) is 0 Å². The summed E-state index contributed by atoms with van der Waals surface area (Å²) in [6.45, 7) is 0. The Balaban J connectivity index is 2.04. The Morgan fingerprint density at radius 3 is 2.95 bits per heavy atom. The van der Waals surface area contributed by atoms with E-state index in [-0.39, 0.29) is 11.6 Å². The number of nitrogens with one attached hydrogen (secondary N) is 1. The van der Waals surface area contributed by atoms with Crippen molar-refractivity contribution in [3.8, 4) is 0 Å². The van der Waals surface area contributed by atoms with Gasteiger partial charge in [0, 0.05) is 22.6 Å². The molecule has 2 N–H and O–H groups in total. The van der Waals surface area contributed by atoms with Gasteiger partial charge in [-0.2, -0.15) is 0 Å². The number of amides is 1. The maximum atomic E-state index is 11.8. The third kappa shape index (κ3) is 4.06. The number of furan rings is 1. The van der Waals surface area contributed by atoms with Crippen molar-refractivity contribution in [2.45, 2.75) is 0 Å². The molecule has 114 valence electrons. The molecule has 0 radical (unpaired) electrons. The van der Waals surface area contributed by atoms with Gasteiger partial charge in [0.05, 0.1) is 17.5 Å². The molecule has 1 amide bonds. The van der Waals surface area contributed by atoms with Crippen LogP contribution in [-0.2, 0) is 14.4 Å². The van der Waals surface area contributed by atoms with Crippen molar-refractivity contribution < 1.29 is 24.0 Å². The van der Waals surface area contributed by atoms with E-state index in [1.807, 2.05) is 0 Å². The third-order valence-electron chi connectivity index (χ3n) is 2.47. The Bertz CT molecular complexity index is 715. The quantitative estimate of drug-likeness (QED) is 0.483. The molecule has 0 bridgehead atoms. The molecule has 2 heterocycles. The summed E-state index contributed by atoms with van der Waals surface area (Å²) in [4.78, 5) is 27.3. The van der Waals surface area contributed by atoms with Gasteiger partial charge in [-0.1, -0.05) is 5.16 Å². The van der Waals surface area contributed by atoms with Crippen LogP contribution in [0.1, 0.15) is 11.1 Å². The molecular formula is C14H12N2O5S. The molecule has 8 heteroatoms. The largest absolute Gasteiger partial charge is 0.476 e. The van der Waals surface area contributed by atoms with Crippen molar-refractivity contribution in [3.63, 3.8) is 0 Å². The SMILES string of the molecule is CO/N=C(\C(=O)O)c1csc(NC(=O)/C=C/c2ccoc2)c1. The molecule has 0 saturated carbocycles. The van der Waals surface area contributed by atoms with Crippen LogP contribution in [0.3, 0.4) is 0 Å². The number of oxime groups is 1. The van der Waals surface area contributed by atoms with Crippen molar-refractivity contribution in [3.05, 3.63) is 47.2 Å². The van der Waals surface area contributed by atoms with Crippen molar-refractivity contribution in [1.29, 1.82) is 0 Å². The van der Waals surface area contributed by atoms with Crippen LogP contribution in [0.2, 0.25) is 0 Å². The predicted octanol–water partition coefficient (Wildman–Crippen LogP) is 2.43. The molecule has 0 aliphatic carbocycles. The number of hydrogen-bond donors (Lipinski definition) is 2. The molecule has 0 spiro atoms. The standard InChI is InChI=1S/C14H12N2O5S/c1-20-16-13(14(18)19)10-6-12(22-8-10)15-11(17)3-2-9-4-5-21-7-9/h2-8H,1H3,(H,15,17)(H,18,19)/b3-2+,16-13-. The van der Waals surface area contributed by atoms with Crippen LogP contribution in [0.15, 0.2) is 45.7 Å². The van der Waals surface area contributed by atoms with E-state index in [1.54, 1.807) is 17.5 Å². The highest BCUT2D eigenvalue weighted by molar-refractivity contribution is 7.14. The second kappa shape index (κ2) is 7.23. The third-order valence-corrected chi connectivity index (χ3v) is 3.32. The zero-order valence-electron chi connectivity index (χ0n) is 11.5. The number of aliphatic carboxylic acids is 1. The van der Waals surface area contributed by atoms with E-state index in [0.717, 1.165) is 5.56 Å². The van der Waals surface area contributed by atoms with Gasteiger partial charge in [0.2, 0.25) is 5.91 Å². The van der Waals surface area contributed by atoms with E-state index in [4.69, 9.17) is 9.52 Å². The number of rotatable bonds is 6. The first-order valence-electron chi connectivity index (χ1n) is 6.04. The minimum absolute atomic E-state index is 0.229. The van der Waals surface area contributed by atoms with Crippen LogP contribution in [-0.4, -0.2) is 29.8 Å². The summed E-state index contributed by atoms with van der Waals surface area (Å²) in [5, 5.41) is 17.2. The Kier molecular flexibility index (Phi) is 5.10. The molecule has 22 heavy (non-hydrogen) atoms. The number of carboxylic acid groups (broad SMARTS) is 1. The molecule has 0 atom stereocenters. The van der Waals surface area contributed by atoms with Gasteiger partial charge in [-0.3, -0.25) is 4.79 Å². The van der Waals surface area contributed by atoms with Crippen LogP contribution in [0.4, 0.5) is 5.00 Å². The second-order valence-electron chi connectivity index (χ2n) is 4.01. The number of carbonyl (C=O) groups is 2. The summed E-state index contributed by atoms with van der Waals surface area (Å²) >= 11 is 1.19. The minimum Gasteiger partial charge on any atom is -0.476 e. The lowest BCUT2D eigenvalue weighted by atomic mass is 10.2. The average molecular weight is 320 g/mol. The summed E-state index contributed by atoms with van der Waals surface area (Å²) in [6, 6.07) is 3.23. The molecule has 0 saturated heterocycles. The van der Waals surface area contributed by atoms with Crippen molar-refractivity contribution in [1.82, 2.24) is 0 Å². The van der Waals surface area contributed by atoms with E-state index >= 15 is 0 Å². The van der Waals surface area contributed by atoms with Gasteiger partial charge in [0.1, 0.15) is 7.11 Å².